The summed E-state index contributed by atoms with van der Waals surface area (Å²) in [7, 11) is 0. The van der Waals surface area contributed by atoms with E-state index in [0.29, 0.717) is 11.3 Å². The van der Waals surface area contributed by atoms with Crippen LogP contribution in [0.5, 0.6) is 5.75 Å². The van der Waals surface area contributed by atoms with Crippen molar-refractivity contribution in [2.75, 3.05) is 26.2 Å². The van der Waals surface area contributed by atoms with Crippen LogP contribution >= 0.6 is 0 Å². The first-order valence-electron chi connectivity index (χ1n) is 9.63. The second-order valence-electron chi connectivity index (χ2n) is 8.35. The number of pyridine rings is 1. The number of Topliss-reactive ketones (excluding diaryl/α,β-unsaturated/α-hetero) is 1. The van der Waals surface area contributed by atoms with Crippen LogP contribution in [0.3, 0.4) is 0 Å². The number of carbonyl (C=O) groups is 1. The highest BCUT2D eigenvalue weighted by atomic mass is 16.3. The Hall–Kier alpha value is -1.98. The van der Waals surface area contributed by atoms with Gasteiger partial charge in [-0.3, -0.25) is 19.6 Å². The van der Waals surface area contributed by atoms with E-state index in [2.05, 4.69) is 28.6 Å². The standard InChI is InChI=1S/C21H25N3O2/c1-3-20-10-23-12-21(4-2,19(20)26)13-24(11-20)18(23)15-7-8-16(25)17-14(15)6-5-9-22-17/h5-9,18,25H,3-4,10-13H2,1-2H3. The van der Waals surface area contributed by atoms with E-state index in [1.807, 2.05) is 18.2 Å². The van der Waals surface area contributed by atoms with E-state index >= 15 is 0 Å². The van der Waals surface area contributed by atoms with Crippen molar-refractivity contribution in [1.29, 1.82) is 0 Å². The maximum atomic E-state index is 13.3. The Morgan fingerprint density at radius 2 is 1.69 bits per heavy atom. The number of piperidine rings is 2. The van der Waals surface area contributed by atoms with Crippen molar-refractivity contribution in [3.8, 4) is 5.75 Å². The maximum Gasteiger partial charge on any atom is 0.150 e. The topological polar surface area (TPSA) is 56.7 Å². The number of phenols is 1. The molecule has 0 saturated carbocycles. The predicted molar refractivity (Wildman–Crippen MR) is 99.7 cm³/mol. The smallest absolute Gasteiger partial charge is 0.150 e. The van der Waals surface area contributed by atoms with Crippen molar-refractivity contribution in [1.82, 2.24) is 14.8 Å². The normalized spacial score (nSPS) is 38.2. The average Bonchev–Trinajstić information content (AvgIpc) is 2.66. The third-order valence-electron chi connectivity index (χ3n) is 7.09. The molecule has 26 heavy (non-hydrogen) atoms. The summed E-state index contributed by atoms with van der Waals surface area (Å²) in [4.78, 5) is 22.7. The van der Waals surface area contributed by atoms with Crippen molar-refractivity contribution < 1.29 is 9.90 Å². The number of aromatic hydroxyl groups is 1. The molecule has 4 saturated heterocycles. The van der Waals surface area contributed by atoms with Crippen LogP contribution in [0.1, 0.15) is 38.4 Å². The molecule has 5 nitrogen and oxygen atoms in total. The fourth-order valence-electron chi connectivity index (χ4n) is 5.76. The first-order chi connectivity index (χ1) is 12.5. The van der Waals surface area contributed by atoms with Crippen LogP contribution in [0.2, 0.25) is 0 Å². The van der Waals surface area contributed by atoms with Gasteiger partial charge in [-0.05, 0) is 30.5 Å². The van der Waals surface area contributed by atoms with E-state index < -0.39 is 0 Å². The molecule has 2 aromatic rings. The SMILES string of the molecule is CCC12CN3CC(CC)(CN(C1)C3c1ccc(O)c3ncccc13)C2=O. The average molecular weight is 351 g/mol. The molecule has 0 spiro atoms. The molecule has 1 aromatic carbocycles. The molecule has 5 heterocycles. The van der Waals surface area contributed by atoms with Gasteiger partial charge in [0.15, 0.2) is 0 Å². The van der Waals surface area contributed by atoms with Crippen molar-refractivity contribution >= 4 is 16.7 Å². The highest BCUT2D eigenvalue weighted by Gasteiger charge is 2.64. The van der Waals surface area contributed by atoms with Crippen LogP contribution in [-0.4, -0.2) is 51.9 Å². The molecule has 1 N–H and O–H groups in total. The van der Waals surface area contributed by atoms with Crippen LogP contribution in [0, 0.1) is 10.8 Å². The number of phenolic OH excluding ortho intramolecular Hbond substituents is 1. The summed E-state index contributed by atoms with van der Waals surface area (Å²) < 4.78 is 0. The van der Waals surface area contributed by atoms with Gasteiger partial charge in [0.05, 0.1) is 17.0 Å². The lowest BCUT2D eigenvalue weighted by Gasteiger charge is -2.66. The molecule has 0 amide bonds. The number of ketones is 1. The molecule has 4 aliphatic heterocycles. The molecule has 0 aliphatic carbocycles. The number of nitrogens with zero attached hydrogens (tertiary/aromatic N) is 3. The van der Waals surface area contributed by atoms with Gasteiger partial charge in [0.2, 0.25) is 0 Å². The zero-order valence-electron chi connectivity index (χ0n) is 15.4. The first-order valence-corrected chi connectivity index (χ1v) is 9.63. The van der Waals surface area contributed by atoms with E-state index in [1.165, 1.54) is 5.56 Å². The maximum absolute atomic E-state index is 13.3. The van der Waals surface area contributed by atoms with Gasteiger partial charge < -0.3 is 5.11 Å². The third-order valence-corrected chi connectivity index (χ3v) is 7.09. The molecule has 4 bridgehead atoms. The largest absolute Gasteiger partial charge is 0.506 e. The van der Waals surface area contributed by atoms with Crippen molar-refractivity contribution in [2.24, 2.45) is 10.8 Å². The predicted octanol–water partition coefficient (Wildman–Crippen LogP) is 2.95. The summed E-state index contributed by atoms with van der Waals surface area (Å²) in [6, 6.07) is 7.76. The van der Waals surface area contributed by atoms with Crippen molar-refractivity contribution in [3.05, 3.63) is 36.0 Å². The molecule has 0 atom stereocenters. The van der Waals surface area contributed by atoms with Gasteiger partial charge in [-0.2, -0.15) is 0 Å². The number of aromatic nitrogens is 1. The van der Waals surface area contributed by atoms with E-state index in [4.69, 9.17) is 0 Å². The number of benzene rings is 1. The van der Waals surface area contributed by atoms with Crippen LogP contribution in [-0.2, 0) is 4.79 Å². The van der Waals surface area contributed by atoms with Gasteiger partial charge in [0.1, 0.15) is 17.0 Å². The third kappa shape index (κ3) is 1.88. The van der Waals surface area contributed by atoms with E-state index in [0.717, 1.165) is 44.4 Å². The quantitative estimate of drug-likeness (QED) is 0.921. The number of carbonyl (C=O) groups excluding carboxylic acids is 1. The Morgan fingerprint density at radius 3 is 2.27 bits per heavy atom. The second kappa shape index (κ2) is 5.27. The number of rotatable bonds is 3. The minimum atomic E-state index is -0.214. The van der Waals surface area contributed by atoms with Crippen LogP contribution in [0.4, 0.5) is 0 Å². The molecule has 1 aromatic heterocycles. The fraction of sp³-hybridized carbons (Fsp3) is 0.524. The lowest BCUT2D eigenvalue weighted by molar-refractivity contribution is -0.204. The zero-order chi connectivity index (χ0) is 18.1. The molecule has 4 fully saturated rings. The Balaban J connectivity index is 1.65. The Bertz CT molecular complexity index is 867. The molecule has 136 valence electrons. The molecule has 0 radical (unpaired) electrons. The highest BCUT2D eigenvalue weighted by Crippen LogP contribution is 2.55. The summed E-state index contributed by atoms with van der Waals surface area (Å²) in [5, 5.41) is 11.2. The highest BCUT2D eigenvalue weighted by molar-refractivity contribution is 5.94. The summed E-state index contributed by atoms with van der Waals surface area (Å²) in [5.74, 6) is 0.724. The van der Waals surface area contributed by atoms with Gasteiger partial charge >= 0.3 is 0 Å². The van der Waals surface area contributed by atoms with E-state index in [9.17, 15) is 9.90 Å². The Labute approximate surface area is 153 Å². The minimum Gasteiger partial charge on any atom is -0.506 e. The summed E-state index contributed by atoms with van der Waals surface area (Å²) in [6.45, 7) is 7.68. The van der Waals surface area contributed by atoms with Gasteiger partial charge in [-0.1, -0.05) is 26.0 Å². The second-order valence-corrected chi connectivity index (χ2v) is 8.35. The van der Waals surface area contributed by atoms with Crippen LogP contribution in [0.15, 0.2) is 30.5 Å². The van der Waals surface area contributed by atoms with Gasteiger partial charge in [-0.15, -0.1) is 0 Å². The van der Waals surface area contributed by atoms with Crippen LogP contribution in [0.25, 0.3) is 10.9 Å². The van der Waals surface area contributed by atoms with Crippen molar-refractivity contribution in [2.45, 2.75) is 32.9 Å². The Morgan fingerprint density at radius 1 is 1.08 bits per heavy atom. The first kappa shape index (κ1) is 16.2. The van der Waals surface area contributed by atoms with Gasteiger partial charge in [0, 0.05) is 37.8 Å². The van der Waals surface area contributed by atoms with E-state index in [-0.39, 0.29) is 22.7 Å². The summed E-state index contributed by atoms with van der Waals surface area (Å²) >= 11 is 0. The van der Waals surface area contributed by atoms with Gasteiger partial charge in [0.25, 0.3) is 0 Å². The fourth-order valence-corrected chi connectivity index (χ4v) is 5.76. The minimum absolute atomic E-state index is 0.162. The molecule has 5 heteroatoms. The monoisotopic (exact) mass is 351 g/mol. The molecular weight excluding hydrogens is 326 g/mol. The molecule has 4 aliphatic rings. The van der Waals surface area contributed by atoms with Crippen molar-refractivity contribution in [3.63, 3.8) is 0 Å². The van der Waals surface area contributed by atoms with Gasteiger partial charge in [-0.25, -0.2) is 0 Å². The molecule has 6 rings (SSSR count). The Kier molecular flexibility index (Phi) is 3.29. The lowest BCUT2D eigenvalue weighted by Crippen LogP contribution is -2.76. The zero-order valence-corrected chi connectivity index (χ0v) is 15.4. The number of hydrogen-bond donors (Lipinski definition) is 1. The molecular formula is C21H25N3O2. The summed E-state index contributed by atoms with van der Waals surface area (Å²) in [5.41, 5.74) is 1.42. The summed E-state index contributed by atoms with van der Waals surface area (Å²) in [6.07, 6.45) is 3.70. The number of hydrogen-bond acceptors (Lipinski definition) is 5. The lowest BCUT2D eigenvalue weighted by atomic mass is 9.58. The number of fused-ring (bicyclic) bond motifs is 1. The van der Waals surface area contributed by atoms with Crippen LogP contribution < -0.4 is 0 Å². The molecule has 0 unspecified atom stereocenters. The van der Waals surface area contributed by atoms with E-state index in [1.54, 1.807) is 12.3 Å².